The lowest BCUT2D eigenvalue weighted by Crippen LogP contribution is -2.50. The summed E-state index contributed by atoms with van der Waals surface area (Å²) in [5.41, 5.74) is 3.24. The molecule has 0 unspecified atom stereocenters. The van der Waals surface area contributed by atoms with Gasteiger partial charge in [0, 0.05) is 37.1 Å². The van der Waals surface area contributed by atoms with Crippen molar-refractivity contribution in [2.75, 3.05) is 37.7 Å². The van der Waals surface area contributed by atoms with E-state index in [9.17, 15) is 4.79 Å². The molecule has 3 aromatic carbocycles. The highest BCUT2D eigenvalue weighted by atomic mass is 16.5. The lowest BCUT2D eigenvalue weighted by atomic mass is 10.1. The average molecular weight is 453 g/mol. The lowest BCUT2D eigenvalue weighted by Gasteiger charge is -2.35. The Labute approximate surface area is 199 Å². The Morgan fingerprint density at radius 3 is 2.35 bits per heavy atom. The average Bonchev–Trinajstić information content (AvgIpc) is 2.92. The van der Waals surface area contributed by atoms with Crippen molar-refractivity contribution in [2.24, 2.45) is 0 Å². The highest BCUT2D eigenvalue weighted by Gasteiger charge is 2.22. The number of benzene rings is 3. The van der Waals surface area contributed by atoms with Gasteiger partial charge in [-0.05, 0) is 35.6 Å². The fourth-order valence-electron chi connectivity index (χ4n) is 4.30. The quantitative estimate of drug-likeness (QED) is 0.428. The molecule has 0 aliphatic carbocycles. The molecule has 0 bridgehead atoms. The summed E-state index contributed by atoms with van der Waals surface area (Å²) in [6.07, 6.45) is 1.02. The smallest absolute Gasteiger partial charge is 0.260 e. The Morgan fingerprint density at radius 2 is 1.62 bits per heavy atom. The van der Waals surface area contributed by atoms with Crippen molar-refractivity contribution in [3.05, 3.63) is 84.4 Å². The van der Waals surface area contributed by atoms with E-state index in [1.54, 1.807) is 0 Å². The molecule has 34 heavy (non-hydrogen) atoms. The first kappa shape index (κ1) is 21.9. The number of carbonyl (C=O) groups is 1. The van der Waals surface area contributed by atoms with Gasteiger partial charge in [0.05, 0.1) is 5.69 Å². The Kier molecular flexibility index (Phi) is 6.38. The standard InChI is InChI=1S/C28H28N4O2/c1-2-21-10-12-23(13-11-21)25-14-15-27(30-29-25)31-16-18-32(19-17-31)28(33)20-34-26-9-5-7-22-6-3-4-8-24(22)26/h3-15H,2,16-20H2,1H3. The van der Waals surface area contributed by atoms with E-state index < -0.39 is 0 Å². The minimum Gasteiger partial charge on any atom is -0.483 e. The summed E-state index contributed by atoms with van der Waals surface area (Å²) in [4.78, 5) is 16.8. The van der Waals surface area contributed by atoms with Crippen molar-refractivity contribution < 1.29 is 9.53 Å². The molecule has 1 aliphatic heterocycles. The van der Waals surface area contributed by atoms with Gasteiger partial charge in [-0.2, -0.15) is 0 Å². The fraction of sp³-hybridized carbons (Fsp3) is 0.250. The van der Waals surface area contributed by atoms with Gasteiger partial charge in [0.25, 0.3) is 5.91 Å². The fourth-order valence-corrected chi connectivity index (χ4v) is 4.30. The van der Waals surface area contributed by atoms with Gasteiger partial charge in [-0.1, -0.05) is 67.6 Å². The largest absolute Gasteiger partial charge is 0.483 e. The molecule has 1 aromatic heterocycles. The summed E-state index contributed by atoms with van der Waals surface area (Å²) in [6, 6.07) is 26.4. The first-order valence-electron chi connectivity index (χ1n) is 11.8. The van der Waals surface area contributed by atoms with Gasteiger partial charge in [-0.3, -0.25) is 4.79 Å². The van der Waals surface area contributed by atoms with Crippen LogP contribution in [-0.2, 0) is 11.2 Å². The van der Waals surface area contributed by atoms with Gasteiger partial charge >= 0.3 is 0 Å². The van der Waals surface area contributed by atoms with Gasteiger partial charge in [0.1, 0.15) is 5.75 Å². The Hall–Kier alpha value is -3.93. The number of anilines is 1. The Morgan fingerprint density at radius 1 is 0.853 bits per heavy atom. The van der Waals surface area contributed by atoms with Crippen molar-refractivity contribution in [1.82, 2.24) is 15.1 Å². The van der Waals surface area contributed by atoms with Gasteiger partial charge in [-0.25, -0.2) is 0 Å². The number of nitrogens with zero attached hydrogens (tertiary/aromatic N) is 4. The molecule has 0 N–H and O–H groups in total. The second kappa shape index (κ2) is 9.91. The topological polar surface area (TPSA) is 58.6 Å². The lowest BCUT2D eigenvalue weighted by molar-refractivity contribution is -0.133. The second-order valence-electron chi connectivity index (χ2n) is 8.46. The van der Waals surface area contributed by atoms with E-state index in [1.165, 1.54) is 5.56 Å². The number of carbonyl (C=O) groups excluding carboxylic acids is 1. The highest BCUT2D eigenvalue weighted by molar-refractivity contribution is 5.88. The van der Waals surface area contributed by atoms with Crippen LogP contribution >= 0.6 is 0 Å². The number of ether oxygens (including phenoxy) is 1. The third-order valence-corrected chi connectivity index (χ3v) is 6.37. The maximum absolute atomic E-state index is 12.8. The SMILES string of the molecule is CCc1ccc(-c2ccc(N3CCN(C(=O)COc4cccc5ccccc45)CC3)nn2)cc1. The maximum atomic E-state index is 12.8. The maximum Gasteiger partial charge on any atom is 0.260 e. The van der Waals surface area contributed by atoms with Crippen molar-refractivity contribution in [3.63, 3.8) is 0 Å². The number of aryl methyl sites for hydroxylation is 1. The number of fused-ring (bicyclic) bond motifs is 1. The monoisotopic (exact) mass is 452 g/mol. The summed E-state index contributed by atoms with van der Waals surface area (Å²) in [6.45, 7) is 4.91. The van der Waals surface area contributed by atoms with Crippen molar-refractivity contribution >= 4 is 22.5 Å². The van der Waals surface area contributed by atoms with Crippen LogP contribution < -0.4 is 9.64 Å². The van der Waals surface area contributed by atoms with Crippen molar-refractivity contribution in [2.45, 2.75) is 13.3 Å². The minimum absolute atomic E-state index is 0.00421. The van der Waals surface area contributed by atoms with Gasteiger partial charge in [0.15, 0.2) is 12.4 Å². The van der Waals surface area contributed by atoms with E-state index in [0.717, 1.165) is 53.1 Å². The third kappa shape index (κ3) is 4.71. The molecule has 5 rings (SSSR count). The van der Waals surface area contributed by atoms with Crippen LogP contribution in [0.25, 0.3) is 22.0 Å². The molecule has 6 nitrogen and oxygen atoms in total. The Balaban J connectivity index is 1.15. The zero-order chi connectivity index (χ0) is 23.3. The van der Waals surface area contributed by atoms with E-state index in [0.29, 0.717) is 13.1 Å². The molecule has 6 heteroatoms. The number of aromatic nitrogens is 2. The van der Waals surface area contributed by atoms with E-state index in [2.05, 4.69) is 46.3 Å². The Bertz CT molecular complexity index is 1260. The van der Waals surface area contributed by atoms with Crippen LogP contribution in [0.1, 0.15) is 12.5 Å². The number of hydrogen-bond acceptors (Lipinski definition) is 5. The molecule has 172 valence electrons. The third-order valence-electron chi connectivity index (χ3n) is 6.37. The number of hydrogen-bond donors (Lipinski definition) is 0. The summed E-state index contributed by atoms with van der Waals surface area (Å²) in [5, 5.41) is 11.0. The van der Waals surface area contributed by atoms with Gasteiger partial charge < -0.3 is 14.5 Å². The highest BCUT2D eigenvalue weighted by Crippen LogP contribution is 2.25. The van der Waals surface area contributed by atoms with E-state index in [-0.39, 0.29) is 12.5 Å². The molecule has 1 aliphatic rings. The van der Waals surface area contributed by atoms with E-state index in [4.69, 9.17) is 4.74 Å². The molecular formula is C28H28N4O2. The molecule has 1 saturated heterocycles. The molecule has 0 spiro atoms. The van der Waals surface area contributed by atoms with Crippen LogP contribution in [0.3, 0.4) is 0 Å². The van der Waals surface area contributed by atoms with Crippen LogP contribution in [0.4, 0.5) is 5.82 Å². The van der Waals surface area contributed by atoms with Crippen LogP contribution in [-0.4, -0.2) is 53.8 Å². The summed E-state index contributed by atoms with van der Waals surface area (Å²) < 4.78 is 5.89. The second-order valence-corrected chi connectivity index (χ2v) is 8.46. The summed E-state index contributed by atoms with van der Waals surface area (Å²) in [5.74, 6) is 1.59. The van der Waals surface area contributed by atoms with E-state index in [1.807, 2.05) is 59.5 Å². The predicted molar refractivity (Wildman–Crippen MR) is 135 cm³/mol. The number of amides is 1. The first-order valence-corrected chi connectivity index (χ1v) is 11.8. The predicted octanol–water partition coefficient (Wildman–Crippen LogP) is 4.59. The van der Waals surface area contributed by atoms with Crippen molar-refractivity contribution in [3.8, 4) is 17.0 Å². The zero-order valence-corrected chi connectivity index (χ0v) is 19.4. The minimum atomic E-state index is 0.00421. The zero-order valence-electron chi connectivity index (χ0n) is 19.4. The van der Waals surface area contributed by atoms with E-state index >= 15 is 0 Å². The first-order chi connectivity index (χ1) is 16.7. The molecule has 0 atom stereocenters. The molecule has 2 heterocycles. The van der Waals surface area contributed by atoms with Gasteiger partial charge in [-0.15, -0.1) is 10.2 Å². The molecule has 0 saturated carbocycles. The molecule has 4 aromatic rings. The van der Waals surface area contributed by atoms with Crippen LogP contribution in [0.15, 0.2) is 78.9 Å². The molecular weight excluding hydrogens is 424 g/mol. The number of rotatable bonds is 6. The molecule has 1 amide bonds. The summed E-state index contributed by atoms with van der Waals surface area (Å²) in [7, 11) is 0. The van der Waals surface area contributed by atoms with Crippen LogP contribution in [0.5, 0.6) is 5.75 Å². The van der Waals surface area contributed by atoms with Gasteiger partial charge in [0.2, 0.25) is 0 Å². The van der Waals surface area contributed by atoms with Crippen LogP contribution in [0.2, 0.25) is 0 Å². The molecule has 0 radical (unpaired) electrons. The normalized spacial score (nSPS) is 13.8. The van der Waals surface area contributed by atoms with Crippen LogP contribution in [0, 0.1) is 0 Å². The number of piperazine rings is 1. The van der Waals surface area contributed by atoms with Crippen molar-refractivity contribution in [1.29, 1.82) is 0 Å². The summed E-state index contributed by atoms with van der Waals surface area (Å²) >= 11 is 0. The molecule has 1 fully saturated rings.